The van der Waals surface area contributed by atoms with E-state index in [1.807, 2.05) is 41.5 Å². The molecule has 1 amide bonds. The molecule has 0 spiro atoms. The first-order valence-corrected chi connectivity index (χ1v) is 8.31. The Bertz CT molecular complexity index is 366. The van der Waals surface area contributed by atoms with E-state index in [-0.39, 0.29) is 16.7 Å². The van der Waals surface area contributed by atoms with E-state index in [1.54, 1.807) is 0 Å². The van der Waals surface area contributed by atoms with Gasteiger partial charge in [-0.25, -0.2) is 0 Å². The molecular weight excluding hydrogens is 262 g/mol. The highest BCUT2D eigenvalue weighted by molar-refractivity contribution is 5.83. The van der Waals surface area contributed by atoms with Gasteiger partial charge in [0.1, 0.15) is 5.78 Å². The Hall–Kier alpha value is -0.860. The monoisotopic (exact) mass is 295 g/mol. The number of hydrogen-bond acceptors (Lipinski definition) is 2. The van der Waals surface area contributed by atoms with Crippen LogP contribution in [-0.2, 0) is 9.59 Å². The molecule has 3 nitrogen and oxygen atoms in total. The molecule has 0 bridgehead atoms. The normalized spacial score (nSPS) is 23.7. The molecule has 122 valence electrons. The summed E-state index contributed by atoms with van der Waals surface area (Å²) in [6.07, 6.45) is 5.24. The molecule has 0 aromatic carbocycles. The van der Waals surface area contributed by atoms with Crippen molar-refractivity contribution in [3.05, 3.63) is 0 Å². The maximum absolute atomic E-state index is 12.1. The molecule has 0 aromatic heterocycles. The summed E-state index contributed by atoms with van der Waals surface area (Å²) in [7, 11) is 0. The third-order valence-electron chi connectivity index (χ3n) is 4.51. The molecule has 3 heteroatoms. The largest absolute Gasteiger partial charge is 0.355 e. The van der Waals surface area contributed by atoms with Gasteiger partial charge in [0.15, 0.2) is 0 Å². The van der Waals surface area contributed by atoms with Crippen molar-refractivity contribution in [2.45, 2.75) is 73.6 Å². The van der Waals surface area contributed by atoms with Crippen molar-refractivity contribution in [3.8, 4) is 0 Å². The topological polar surface area (TPSA) is 46.2 Å². The van der Waals surface area contributed by atoms with Gasteiger partial charge >= 0.3 is 0 Å². The molecule has 0 aromatic rings. The predicted molar refractivity (Wildman–Crippen MR) is 87.0 cm³/mol. The summed E-state index contributed by atoms with van der Waals surface area (Å²) in [4.78, 5) is 24.0. The molecule has 0 saturated heterocycles. The van der Waals surface area contributed by atoms with E-state index in [4.69, 9.17) is 0 Å². The quantitative estimate of drug-likeness (QED) is 0.853. The van der Waals surface area contributed by atoms with Crippen LogP contribution in [0, 0.1) is 22.7 Å². The fourth-order valence-electron chi connectivity index (χ4n) is 2.71. The second-order valence-corrected chi connectivity index (χ2v) is 8.72. The number of hydrogen-bond donors (Lipinski definition) is 1. The van der Waals surface area contributed by atoms with E-state index < -0.39 is 0 Å². The van der Waals surface area contributed by atoms with Crippen molar-refractivity contribution >= 4 is 11.7 Å². The average Bonchev–Trinajstić information content (AvgIpc) is 2.35. The van der Waals surface area contributed by atoms with Crippen LogP contribution in [0.2, 0.25) is 0 Å². The van der Waals surface area contributed by atoms with E-state index in [9.17, 15) is 9.59 Å². The molecule has 1 N–H and O–H groups in total. The summed E-state index contributed by atoms with van der Waals surface area (Å²) >= 11 is 0. The number of nitrogens with one attached hydrogen (secondary N) is 1. The highest BCUT2D eigenvalue weighted by atomic mass is 16.2. The lowest BCUT2D eigenvalue weighted by molar-refractivity contribution is -0.128. The Morgan fingerprint density at radius 1 is 0.857 bits per heavy atom. The third kappa shape index (κ3) is 6.19. The molecule has 1 rings (SSSR count). The number of ketones is 1. The van der Waals surface area contributed by atoms with Crippen LogP contribution < -0.4 is 5.32 Å². The Morgan fingerprint density at radius 3 is 1.76 bits per heavy atom. The lowest BCUT2D eigenvalue weighted by Gasteiger charge is -2.30. The molecular formula is C18H33NO2. The smallest absolute Gasteiger partial charge is 0.225 e. The molecule has 1 aliphatic rings. The van der Waals surface area contributed by atoms with Crippen LogP contribution in [0.5, 0.6) is 0 Å². The molecule has 1 aliphatic carbocycles. The number of amides is 1. The molecule has 0 heterocycles. The SMILES string of the molecule is CC(C)(C)C(=O)CC1CCC(CNC(=O)C(C)(C)C)CC1. The lowest BCUT2D eigenvalue weighted by Crippen LogP contribution is -2.38. The minimum absolute atomic E-state index is 0.132. The molecule has 0 unspecified atom stereocenters. The fourth-order valence-corrected chi connectivity index (χ4v) is 2.71. The fraction of sp³-hybridized carbons (Fsp3) is 0.889. The zero-order valence-corrected chi connectivity index (χ0v) is 14.7. The highest BCUT2D eigenvalue weighted by Gasteiger charge is 2.28. The maximum Gasteiger partial charge on any atom is 0.225 e. The summed E-state index contributed by atoms with van der Waals surface area (Å²) < 4.78 is 0. The number of carbonyl (C=O) groups excluding carboxylic acids is 2. The van der Waals surface area contributed by atoms with Gasteiger partial charge in [-0.1, -0.05) is 41.5 Å². The van der Waals surface area contributed by atoms with Crippen LogP contribution in [0.15, 0.2) is 0 Å². The number of rotatable bonds is 4. The van der Waals surface area contributed by atoms with Gasteiger partial charge in [-0.05, 0) is 37.5 Å². The first-order chi connectivity index (χ1) is 9.50. The Morgan fingerprint density at radius 2 is 1.33 bits per heavy atom. The summed E-state index contributed by atoms with van der Waals surface area (Å²) in [6, 6.07) is 0. The zero-order chi connectivity index (χ0) is 16.3. The summed E-state index contributed by atoms with van der Waals surface area (Å²) in [6.45, 7) is 12.6. The Balaban J connectivity index is 2.30. The van der Waals surface area contributed by atoms with E-state index in [1.165, 1.54) is 0 Å². The van der Waals surface area contributed by atoms with E-state index in [2.05, 4.69) is 5.32 Å². The summed E-state index contributed by atoms with van der Waals surface area (Å²) in [5.74, 6) is 1.64. The minimum Gasteiger partial charge on any atom is -0.355 e. The van der Waals surface area contributed by atoms with Crippen LogP contribution >= 0.6 is 0 Å². The standard InChI is InChI=1S/C18H33NO2/c1-17(2,3)15(20)11-13-7-9-14(10-8-13)12-19-16(21)18(4,5)6/h13-14H,7-12H2,1-6H3,(H,19,21). The number of Topliss-reactive ketones (excluding diaryl/α,β-unsaturated/α-hetero) is 1. The van der Waals surface area contributed by atoms with Gasteiger partial charge in [0, 0.05) is 23.8 Å². The average molecular weight is 295 g/mol. The number of carbonyl (C=O) groups is 2. The van der Waals surface area contributed by atoms with Crippen LogP contribution in [0.4, 0.5) is 0 Å². The van der Waals surface area contributed by atoms with Gasteiger partial charge in [0.2, 0.25) is 5.91 Å². The van der Waals surface area contributed by atoms with Gasteiger partial charge in [-0.15, -0.1) is 0 Å². The molecule has 0 aliphatic heterocycles. The second kappa shape index (κ2) is 6.93. The van der Waals surface area contributed by atoms with Gasteiger partial charge in [0.25, 0.3) is 0 Å². The second-order valence-electron chi connectivity index (χ2n) is 8.72. The molecule has 0 radical (unpaired) electrons. The van der Waals surface area contributed by atoms with E-state index >= 15 is 0 Å². The maximum atomic E-state index is 12.1. The molecule has 0 atom stereocenters. The van der Waals surface area contributed by atoms with Crippen molar-refractivity contribution < 1.29 is 9.59 Å². The van der Waals surface area contributed by atoms with Crippen LogP contribution in [0.1, 0.15) is 73.6 Å². The molecule has 1 saturated carbocycles. The van der Waals surface area contributed by atoms with Gasteiger partial charge in [-0.3, -0.25) is 9.59 Å². The van der Waals surface area contributed by atoms with Crippen LogP contribution in [0.3, 0.4) is 0 Å². The highest BCUT2D eigenvalue weighted by Crippen LogP contribution is 2.33. The minimum atomic E-state index is -0.309. The molecule has 1 fully saturated rings. The first kappa shape index (κ1) is 18.2. The van der Waals surface area contributed by atoms with Crippen LogP contribution in [-0.4, -0.2) is 18.2 Å². The summed E-state index contributed by atoms with van der Waals surface area (Å²) in [5, 5.41) is 3.07. The summed E-state index contributed by atoms with van der Waals surface area (Å²) in [5.41, 5.74) is -0.520. The van der Waals surface area contributed by atoms with E-state index in [0.29, 0.717) is 17.6 Å². The van der Waals surface area contributed by atoms with Crippen molar-refractivity contribution in [2.75, 3.05) is 6.54 Å². The lowest BCUT2D eigenvalue weighted by atomic mass is 9.76. The van der Waals surface area contributed by atoms with Gasteiger partial charge in [-0.2, -0.15) is 0 Å². The Kier molecular flexibility index (Phi) is 6.01. The Labute approximate surface area is 130 Å². The molecule has 21 heavy (non-hydrogen) atoms. The van der Waals surface area contributed by atoms with Crippen molar-refractivity contribution in [3.63, 3.8) is 0 Å². The third-order valence-corrected chi connectivity index (χ3v) is 4.51. The zero-order valence-electron chi connectivity index (χ0n) is 14.7. The van der Waals surface area contributed by atoms with Gasteiger partial charge < -0.3 is 5.32 Å². The predicted octanol–water partition coefficient (Wildman–Crippen LogP) is 3.96. The van der Waals surface area contributed by atoms with Crippen molar-refractivity contribution in [1.29, 1.82) is 0 Å². The van der Waals surface area contributed by atoms with Crippen molar-refractivity contribution in [1.82, 2.24) is 5.32 Å². The first-order valence-electron chi connectivity index (χ1n) is 8.31. The van der Waals surface area contributed by atoms with E-state index in [0.717, 1.165) is 38.6 Å². The van der Waals surface area contributed by atoms with Gasteiger partial charge in [0.05, 0.1) is 0 Å². The van der Waals surface area contributed by atoms with Crippen molar-refractivity contribution in [2.24, 2.45) is 22.7 Å². The van der Waals surface area contributed by atoms with Crippen LogP contribution in [0.25, 0.3) is 0 Å².